The first-order chi connectivity index (χ1) is 8.12. The number of carbonyl (C=O) groups is 1. The molecule has 0 bridgehead atoms. The molecule has 1 aromatic rings. The summed E-state index contributed by atoms with van der Waals surface area (Å²) < 4.78 is 0. The van der Waals surface area contributed by atoms with Crippen molar-refractivity contribution in [1.29, 1.82) is 0 Å². The third-order valence-electron chi connectivity index (χ3n) is 2.91. The molecule has 2 N–H and O–H groups in total. The van der Waals surface area contributed by atoms with Crippen LogP contribution in [0.4, 0.5) is 0 Å². The van der Waals surface area contributed by atoms with Gasteiger partial charge in [0.05, 0.1) is 0 Å². The van der Waals surface area contributed by atoms with E-state index in [2.05, 4.69) is 0 Å². The Hall–Kier alpha value is -1.51. The van der Waals surface area contributed by atoms with Crippen molar-refractivity contribution < 1.29 is 15.0 Å². The zero-order valence-corrected chi connectivity index (χ0v) is 11.7. The number of benzene rings is 1. The number of phenols is 1. The summed E-state index contributed by atoms with van der Waals surface area (Å²) in [5, 5.41) is 19.2. The van der Waals surface area contributed by atoms with E-state index in [9.17, 15) is 9.90 Å². The molecule has 0 aliphatic carbocycles. The van der Waals surface area contributed by atoms with Crippen molar-refractivity contribution in [3.63, 3.8) is 0 Å². The van der Waals surface area contributed by atoms with E-state index in [0.29, 0.717) is 12.3 Å². The molecule has 100 valence electrons. The molecule has 18 heavy (non-hydrogen) atoms. The Labute approximate surface area is 108 Å². The third kappa shape index (κ3) is 3.25. The second-order valence-corrected chi connectivity index (χ2v) is 6.18. The lowest BCUT2D eigenvalue weighted by molar-refractivity contribution is 0.0693. The number of aromatic hydroxyl groups is 1. The van der Waals surface area contributed by atoms with Crippen molar-refractivity contribution in [2.24, 2.45) is 5.92 Å². The van der Waals surface area contributed by atoms with Crippen LogP contribution in [-0.4, -0.2) is 16.2 Å². The molecule has 0 unspecified atom stereocenters. The predicted molar refractivity (Wildman–Crippen MR) is 72.3 cm³/mol. The second kappa shape index (κ2) is 5.01. The number of rotatable bonds is 3. The van der Waals surface area contributed by atoms with Gasteiger partial charge in [-0.15, -0.1) is 0 Å². The maximum absolute atomic E-state index is 11.2. The molecule has 0 saturated carbocycles. The summed E-state index contributed by atoms with van der Waals surface area (Å²) in [4.78, 5) is 11.2. The Morgan fingerprint density at radius 3 is 2.22 bits per heavy atom. The lowest BCUT2D eigenvalue weighted by atomic mass is 9.83. The molecule has 0 aliphatic heterocycles. The minimum atomic E-state index is -1.08. The van der Waals surface area contributed by atoms with Crippen molar-refractivity contribution in [3.8, 4) is 5.75 Å². The molecule has 0 spiro atoms. The Morgan fingerprint density at radius 2 is 1.83 bits per heavy atom. The molecule has 0 aliphatic rings. The van der Waals surface area contributed by atoms with E-state index in [1.54, 1.807) is 6.07 Å². The standard InChI is InChI=1S/C15H22O3/c1-9(2)6-10-7-11(15(3,4)5)8-12(13(10)16)14(17)18/h7-9,16H,6H2,1-5H3,(H,17,18). The van der Waals surface area contributed by atoms with Crippen LogP contribution in [0.2, 0.25) is 0 Å². The molecular weight excluding hydrogens is 228 g/mol. The molecule has 0 radical (unpaired) electrons. The van der Waals surface area contributed by atoms with Crippen LogP contribution in [0.5, 0.6) is 5.75 Å². The fraction of sp³-hybridized carbons (Fsp3) is 0.533. The first-order valence-corrected chi connectivity index (χ1v) is 6.22. The molecular formula is C15H22O3. The van der Waals surface area contributed by atoms with Crippen LogP contribution in [0.15, 0.2) is 12.1 Å². The first-order valence-electron chi connectivity index (χ1n) is 6.22. The monoisotopic (exact) mass is 250 g/mol. The third-order valence-corrected chi connectivity index (χ3v) is 2.91. The average molecular weight is 250 g/mol. The van der Waals surface area contributed by atoms with E-state index in [-0.39, 0.29) is 16.7 Å². The Kier molecular flexibility index (Phi) is 4.05. The Morgan fingerprint density at radius 1 is 1.28 bits per heavy atom. The first kappa shape index (κ1) is 14.6. The lowest BCUT2D eigenvalue weighted by Gasteiger charge is -2.22. The number of carboxylic acid groups (broad SMARTS) is 1. The van der Waals surface area contributed by atoms with Gasteiger partial charge in [-0.2, -0.15) is 0 Å². The van der Waals surface area contributed by atoms with Crippen molar-refractivity contribution in [2.45, 2.75) is 46.5 Å². The highest BCUT2D eigenvalue weighted by atomic mass is 16.4. The van der Waals surface area contributed by atoms with Crippen molar-refractivity contribution in [1.82, 2.24) is 0 Å². The van der Waals surface area contributed by atoms with Crippen LogP contribution in [0, 0.1) is 5.92 Å². The second-order valence-electron chi connectivity index (χ2n) is 6.18. The van der Waals surface area contributed by atoms with Crippen LogP contribution < -0.4 is 0 Å². The highest BCUT2D eigenvalue weighted by Gasteiger charge is 2.21. The zero-order chi connectivity index (χ0) is 14.1. The van der Waals surface area contributed by atoms with Crippen LogP contribution in [0.1, 0.15) is 56.1 Å². The van der Waals surface area contributed by atoms with Gasteiger partial charge >= 0.3 is 5.97 Å². The summed E-state index contributed by atoms with van der Waals surface area (Å²) in [6.45, 7) is 10.2. The van der Waals surface area contributed by atoms with Crippen molar-refractivity contribution in [3.05, 3.63) is 28.8 Å². The summed E-state index contributed by atoms with van der Waals surface area (Å²) in [6, 6.07) is 3.49. The summed E-state index contributed by atoms with van der Waals surface area (Å²) in [7, 11) is 0. The SMILES string of the molecule is CC(C)Cc1cc(C(C)(C)C)cc(C(=O)O)c1O. The van der Waals surface area contributed by atoms with Gasteiger partial charge in [-0.1, -0.05) is 40.7 Å². The molecule has 1 aromatic carbocycles. The van der Waals surface area contributed by atoms with Gasteiger partial charge in [-0.3, -0.25) is 0 Å². The molecule has 0 fully saturated rings. The summed E-state index contributed by atoms with van der Waals surface area (Å²) in [6.07, 6.45) is 0.677. The fourth-order valence-corrected chi connectivity index (χ4v) is 1.89. The van der Waals surface area contributed by atoms with E-state index in [1.165, 1.54) is 0 Å². The predicted octanol–water partition coefficient (Wildman–Crippen LogP) is 3.59. The largest absolute Gasteiger partial charge is 0.507 e. The van der Waals surface area contributed by atoms with E-state index >= 15 is 0 Å². The summed E-state index contributed by atoms with van der Waals surface area (Å²) >= 11 is 0. The van der Waals surface area contributed by atoms with E-state index in [4.69, 9.17) is 5.11 Å². The lowest BCUT2D eigenvalue weighted by Crippen LogP contribution is -2.14. The van der Waals surface area contributed by atoms with Gasteiger partial charge in [-0.25, -0.2) is 4.79 Å². The molecule has 3 nitrogen and oxygen atoms in total. The van der Waals surface area contributed by atoms with Crippen LogP contribution in [-0.2, 0) is 11.8 Å². The van der Waals surface area contributed by atoms with Crippen LogP contribution in [0.3, 0.4) is 0 Å². The Bertz CT molecular complexity index is 454. The molecule has 3 heteroatoms. The van der Waals surface area contributed by atoms with Gasteiger partial charge in [0, 0.05) is 0 Å². The minimum absolute atomic E-state index is 0.00178. The van der Waals surface area contributed by atoms with Gasteiger partial charge in [0.1, 0.15) is 11.3 Å². The molecule has 0 amide bonds. The van der Waals surface area contributed by atoms with E-state index in [1.807, 2.05) is 40.7 Å². The van der Waals surface area contributed by atoms with Crippen molar-refractivity contribution >= 4 is 5.97 Å². The van der Waals surface area contributed by atoms with E-state index in [0.717, 1.165) is 11.1 Å². The highest BCUT2D eigenvalue weighted by Crippen LogP contribution is 2.32. The molecule has 0 atom stereocenters. The molecule has 0 saturated heterocycles. The van der Waals surface area contributed by atoms with Gasteiger partial charge in [0.25, 0.3) is 0 Å². The maximum atomic E-state index is 11.2. The molecule has 0 aromatic heterocycles. The minimum Gasteiger partial charge on any atom is -0.507 e. The average Bonchev–Trinajstić information content (AvgIpc) is 2.18. The smallest absolute Gasteiger partial charge is 0.339 e. The number of aromatic carboxylic acids is 1. The molecule has 0 heterocycles. The quantitative estimate of drug-likeness (QED) is 0.862. The van der Waals surface area contributed by atoms with Gasteiger partial charge in [0.2, 0.25) is 0 Å². The van der Waals surface area contributed by atoms with Gasteiger partial charge in [0.15, 0.2) is 0 Å². The normalized spacial score (nSPS) is 11.9. The van der Waals surface area contributed by atoms with Gasteiger partial charge < -0.3 is 10.2 Å². The summed E-state index contributed by atoms with van der Waals surface area (Å²) in [5.41, 5.74) is 1.52. The molecule has 1 rings (SSSR count). The number of hydrogen-bond acceptors (Lipinski definition) is 2. The number of hydrogen-bond donors (Lipinski definition) is 2. The number of carboxylic acids is 1. The Balaban J connectivity index is 3.42. The fourth-order valence-electron chi connectivity index (χ4n) is 1.89. The summed E-state index contributed by atoms with van der Waals surface area (Å²) in [5.74, 6) is -0.805. The maximum Gasteiger partial charge on any atom is 0.339 e. The van der Waals surface area contributed by atoms with Crippen LogP contribution >= 0.6 is 0 Å². The van der Waals surface area contributed by atoms with Crippen molar-refractivity contribution in [2.75, 3.05) is 0 Å². The van der Waals surface area contributed by atoms with E-state index < -0.39 is 5.97 Å². The highest BCUT2D eigenvalue weighted by molar-refractivity contribution is 5.91. The van der Waals surface area contributed by atoms with Gasteiger partial charge in [-0.05, 0) is 34.9 Å². The topological polar surface area (TPSA) is 57.5 Å². The zero-order valence-electron chi connectivity index (χ0n) is 11.7. The van der Waals surface area contributed by atoms with Crippen LogP contribution in [0.25, 0.3) is 0 Å².